The van der Waals surface area contributed by atoms with Gasteiger partial charge in [-0.25, -0.2) is 4.79 Å². The molecule has 0 aliphatic heterocycles. The van der Waals surface area contributed by atoms with Crippen molar-refractivity contribution in [2.45, 2.75) is 39.3 Å². The molecule has 1 atom stereocenters. The van der Waals surface area contributed by atoms with Gasteiger partial charge in [-0.05, 0) is 23.0 Å². The van der Waals surface area contributed by atoms with Crippen LogP contribution in [-0.4, -0.2) is 23.8 Å². The normalized spacial score (nSPS) is 12.7. The van der Waals surface area contributed by atoms with Gasteiger partial charge in [0.15, 0.2) is 0 Å². The van der Waals surface area contributed by atoms with E-state index in [0.717, 1.165) is 11.1 Å². The molecular formula is C21H28N2O2. The molecule has 2 rings (SSSR count). The molecule has 4 heteroatoms. The summed E-state index contributed by atoms with van der Waals surface area (Å²) in [5.74, 6) is 0. The van der Waals surface area contributed by atoms with Crippen molar-refractivity contribution in [2.75, 3.05) is 6.54 Å². The predicted octanol–water partition coefficient (Wildman–Crippen LogP) is 3.87. The van der Waals surface area contributed by atoms with E-state index in [4.69, 9.17) is 0 Å². The summed E-state index contributed by atoms with van der Waals surface area (Å²) in [6.45, 7) is 6.39. The van der Waals surface area contributed by atoms with Crippen molar-refractivity contribution in [2.24, 2.45) is 5.41 Å². The second-order valence-corrected chi connectivity index (χ2v) is 7.33. The maximum atomic E-state index is 12.3. The van der Waals surface area contributed by atoms with Gasteiger partial charge in [0.2, 0.25) is 0 Å². The summed E-state index contributed by atoms with van der Waals surface area (Å²) < 4.78 is 0. The molecular weight excluding hydrogens is 312 g/mol. The lowest BCUT2D eigenvalue weighted by atomic mass is 9.87. The van der Waals surface area contributed by atoms with Gasteiger partial charge in [0, 0.05) is 6.54 Å². The third-order valence-corrected chi connectivity index (χ3v) is 4.24. The largest absolute Gasteiger partial charge is 0.393 e. The van der Waals surface area contributed by atoms with Crippen LogP contribution in [0.5, 0.6) is 0 Å². The summed E-state index contributed by atoms with van der Waals surface area (Å²) in [7, 11) is 0. The highest BCUT2D eigenvalue weighted by Gasteiger charge is 2.22. The van der Waals surface area contributed by atoms with Crippen molar-refractivity contribution in [1.82, 2.24) is 10.6 Å². The second-order valence-electron chi connectivity index (χ2n) is 7.33. The zero-order valence-corrected chi connectivity index (χ0v) is 15.2. The molecule has 4 nitrogen and oxygen atoms in total. The van der Waals surface area contributed by atoms with Crippen LogP contribution in [0.15, 0.2) is 60.7 Å². The van der Waals surface area contributed by atoms with E-state index in [2.05, 4.69) is 10.6 Å². The van der Waals surface area contributed by atoms with Crippen LogP contribution in [0.2, 0.25) is 0 Å². The monoisotopic (exact) mass is 340 g/mol. The number of hydrogen-bond acceptors (Lipinski definition) is 2. The van der Waals surface area contributed by atoms with Gasteiger partial charge in [-0.15, -0.1) is 0 Å². The van der Waals surface area contributed by atoms with E-state index in [1.165, 1.54) is 0 Å². The van der Waals surface area contributed by atoms with Gasteiger partial charge in [-0.1, -0.05) is 81.4 Å². The number of urea groups is 1. The first-order chi connectivity index (χ1) is 11.9. The summed E-state index contributed by atoms with van der Waals surface area (Å²) in [5, 5.41) is 15.9. The second kappa shape index (κ2) is 8.67. The van der Waals surface area contributed by atoms with E-state index in [1.54, 1.807) is 0 Å². The molecule has 0 saturated heterocycles. The van der Waals surface area contributed by atoms with Gasteiger partial charge < -0.3 is 15.7 Å². The number of carbonyl (C=O) groups is 1. The molecule has 0 fully saturated rings. The van der Waals surface area contributed by atoms with E-state index in [1.807, 2.05) is 81.4 Å². The van der Waals surface area contributed by atoms with E-state index in [0.29, 0.717) is 13.0 Å². The average Bonchev–Trinajstić information content (AvgIpc) is 2.60. The third-order valence-electron chi connectivity index (χ3n) is 4.24. The fourth-order valence-corrected chi connectivity index (χ4v) is 2.59. The zero-order chi connectivity index (χ0) is 18.3. The minimum absolute atomic E-state index is 0.186. The Bertz CT molecular complexity index is 611. The molecule has 0 unspecified atom stereocenters. The van der Waals surface area contributed by atoms with Crippen molar-refractivity contribution in [3.8, 4) is 0 Å². The van der Waals surface area contributed by atoms with Gasteiger partial charge >= 0.3 is 6.03 Å². The van der Waals surface area contributed by atoms with Gasteiger partial charge in [0.25, 0.3) is 0 Å². The quantitative estimate of drug-likeness (QED) is 0.747. The predicted molar refractivity (Wildman–Crippen MR) is 101 cm³/mol. The Morgan fingerprint density at radius 2 is 1.44 bits per heavy atom. The molecule has 0 aromatic heterocycles. The number of aliphatic hydroxyl groups excluding tert-OH is 1. The Hall–Kier alpha value is -2.33. The van der Waals surface area contributed by atoms with Gasteiger partial charge in [-0.3, -0.25) is 0 Å². The lowest BCUT2D eigenvalue weighted by Crippen LogP contribution is -2.40. The molecule has 0 aliphatic rings. The van der Waals surface area contributed by atoms with E-state index < -0.39 is 6.10 Å². The van der Waals surface area contributed by atoms with Crippen LogP contribution in [0.3, 0.4) is 0 Å². The first-order valence-electron chi connectivity index (χ1n) is 8.70. The molecule has 0 bridgehead atoms. The standard InChI is InChI=1S/C21H28N2O2/c1-21(2,3)18(24)14-15-22-20(25)23-19(16-10-6-4-7-11-16)17-12-8-5-9-13-17/h4-13,18-19,24H,14-15H2,1-3H3,(H2,22,23,25)/t18-/m1/s1. The number of rotatable bonds is 6. The van der Waals surface area contributed by atoms with E-state index in [9.17, 15) is 9.90 Å². The van der Waals surface area contributed by atoms with Crippen LogP contribution in [0, 0.1) is 5.41 Å². The minimum atomic E-state index is -0.452. The Morgan fingerprint density at radius 3 is 1.88 bits per heavy atom. The number of nitrogens with one attached hydrogen (secondary N) is 2. The lowest BCUT2D eigenvalue weighted by Gasteiger charge is -2.26. The molecule has 2 amide bonds. The van der Waals surface area contributed by atoms with Crippen molar-refractivity contribution < 1.29 is 9.90 Å². The summed E-state index contributed by atoms with van der Waals surface area (Å²) in [6, 6.07) is 19.3. The smallest absolute Gasteiger partial charge is 0.315 e. The molecule has 0 spiro atoms. The highest BCUT2D eigenvalue weighted by Crippen LogP contribution is 2.22. The maximum absolute atomic E-state index is 12.3. The van der Waals surface area contributed by atoms with Crippen molar-refractivity contribution in [1.29, 1.82) is 0 Å². The van der Waals surface area contributed by atoms with Crippen LogP contribution >= 0.6 is 0 Å². The fourth-order valence-electron chi connectivity index (χ4n) is 2.59. The van der Waals surface area contributed by atoms with Crippen LogP contribution < -0.4 is 10.6 Å². The van der Waals surface area contributed by atoms with Gasteiger partial charge in [-0.2, -0.15) is 0 Å². The first-order valence-corrected chi connectivity index (χ1v) is 8.70. The molecule has 0 heterocycles. The highest BCUT2D eigenvalue weighted by molar-refractivity contribution is 5.75. The molecule has 2 aromatic rings. The van der Waals surface area contributed by atoms with Crippen LogP contribution in [-0.2, 0) is 0 Å². The Morgan fingerprint density at radius 1 is 0.960 bits per heavy atom. The number of aliphatic hydroxyl groups is 1. The van der Waals surface area contributed by atoms with Gasteiger partial charge in [0.1, 0.15) is 0 Å². The molecule has 134 valence electrons. The average molecular weight is 340 g/mol. The number of amides is 2. The molecule has 0 aliphatic carbocycles. The highest BCUT2D eigenvalue weighted by atomic mass is 16.3. The molecule has 2 aromatic carbocycles. The van der Waals surface area contributed by atoms with Crippen molar-refractivity contribution in [3.63, 3.8) is 0 Å². The topological polar surface area (TPSA) is 61.4 Å². The molecule has 25 heavy (non-hydrogen) atoms. The Balaban J connectivity index is 1.99. The Labute approximate surface area is 150 Å². The van der Waals surface area contributed by atoms with Crippen LogP contribution in [0.1, 0.15) is 44.4 Å². The van der Waals surface area contributed by atoms with E-state index >= 15 is 0 Å². The summed E-state index contributed by atoms with van der Waals surface area (Å²) >= 11 is 0. The molecule has 0 saturated carbocycles. The third kappa shape index (κ3) is 5.91. The molecule has 0 radical (unpaired) electrons. The number of benzene rings is 2. The fraction of sp³-hybridized carbons (Fsp3) is 0.381. The van der Waals surface area contributed by atoms with Crippen molar-refractivity contribution >= 4 is 6.03 Å². The maximum Gasteiger partial charge on any atom is 0.315 e. The summed E-state index contributed by atoms with van der Waals surface area (Å²) in [6.07, 6.45) is 0.0741. The summed E-state index contributed by atoms with van der Waals surface area (Å²) in [4.78, 5) is 12.3. The zero-order valence-electron chi connectivity index (χ0n) is 15.2. The van der Waals surface area contributed by atoms with E-state index in [-0.39, 0.29) is 17.5 Å². The van der Waals surface area contributed by atoms with Crippen molar-refractivity contribution in [3.05, 3.63) is 71.8 Å². The Kier molecular flexibility index (Phi) is 6.59. The molecule has 3 N–H and O–H groups in total. The van der Waals surface area contributed by atoms with Gasteiger partial charge in [0.05, 0.1) is 12.1 Å². The minimum Gasteiger partial charge on any atom is -0.393 e. The number of carbonyl (C=O) groups excluding carboxylic acids is 1. The van der Waals surface area contributed by atoms with Crippen LogP contribution in [0.4, 0.5) is 4.79 Å². The number of hydrogen-bond donors (Lipinski definition) is 3. The first kappa shape index (κ1) is 19.0. The SMILES string of the molecule is CC(C)(C)[C@H](O)CCNC(=O)NC(c1ccccc1)c1ccccc1. The van der Waals surface area contributed by atoms with Crippen LogP contribution in [0.25, 0.3) is 0 Å². The summed E-state index contributed by atoms with van der Waals surface area (Å²) in [5.41, 5.74) is 1.87. The lowest BCUT2D eigenvalue weighted by molar-refractivity contribution is 0.0564.